The lowest BCUT2D eigenvalue weighted by molar-refractivity contribution is -0.122. The first-order valence-electron chi connectivity index (χ1n) is 6.40. The Morgan fingerprint density at radius 3 is 2.68 bits per heavy atom. The monoisotopic (exact) mass is 263 g/mol. The molecule has 2 amide bonds. The minimum absolute atomic E-state index is 0.184. The number of hydrogen-bond donors (Lipinski definition) is 3. The highest BCUT2D eigenvalue weighted by atomic mass is 16.2. The molecule has 1 unspecified atom stereocenters. The van der Waals surface area contributed by atoms with Gasteiger partial charge in [0.2, 0.25) is 5.91 Å². The average Bonchev–Trinajstić information content (AvgIpc) is 2.38. The van der Waals surface area contributed by atoms with Crippen molar-refractivity contribution in [3.05, 3.63) is 29.3 Å². The molecular weight excluding hydrogens is 242 g/mol. The SMILES string of the molecule is CCCNC(=O)C(C)NC(=O)c1cc(N)ccc1C. The van der Waals surface area contributed by atoms with Crippen molar-refractivity contribution in [2.24, 2.45) is 0 Å². The van der Waals surface area contributed by atoms with Gasteiger partial charge in [-0.2, -0.15) is 0 Å². The molecule has 0 aliphatic heterocycles. The standard InChI is InChI=1S/C14H21N3O2/c1-4-7-16-13(18)10(3)17-14(19)12-8-11(15)6-5-9(12)2/h5-6,8,10H,4,7,15H2,1-3H3,(H,16,18)(H,17,19). The predicted molar refractivity (Wildman–Crippen MR) is 75.8 cm³/mol. The van der Waals surface area contributed by atoms with Crippen molar-refractivity contribution in [1.29, 1.82) is 0 Å². The first-order chi connectivity index (χ1) is 8.95. The number of nitrogens with one attached hydrogen (secondary N) is 2. The normalized spacial score (nSPS) is 11.7. The smallest absolute Gasteiger partial charge is 0.252 e. The fourth-order valence-electron chi connectivity index (χ4n) is 1.63. The van der Waals surface area contributed by atoms with Gasteiger partial charge in [-0.1, -0.05) is 13.0 Å². The molecule has 0 aliphatic rings. The van der Waals surface area contributed by atoms with Crippen LogP contribution in [0.1, 0.15) is 36.2 Å². The molecule has 104 valence electrons. The molecule has 19 heavy (non-hydrogen) atoms. The summed E-state index contributed by atoms with van der Waals surface area (Å²) in [5.41, 5.74) is 7.51. The third kappa shape index (κ3) is 4.28. The molecule has 0 heterocycles. The van der Waals surface area contributed by atoms with E-state index < -0.39 is 6.04 Å². The number of nitrogens with two attached hydrogens (primary N) is 1. The summed E-state index contributed by atoms with van der Waals surface area (Å²) in [5, 5.41) is 5.40. The molecule has 0 saturated carbocycles. The van der Waals surface area contributed by atoms with E-state index in [2.05, 4.69) is 10.6 Å². The van der Waals surface area contributed by atoms with Crippen molar-refractivity contribution in [1.82, 2.24) is 10.6 Å². The Labute approximate surface area is 113 Å². The Balaban J connectivity index is 2.68. The van der Waals surface area contributed by atoms with Crippen LogP contribution in [0.25, 0.3) is 0 Å². The summed E-state index contributed by atoms with van der Waals surface area (Å²) < 4.78 is 0. The molecule has 1 aromatic rings. The van der Waals surface area contributed by atoms with Gasteiger partial charge in [0.1, 0.15) is 6.04 Å². The molecule has 4 N–H and O–H groups in total. The van der Waals surface area contributed by atoms with Crippen LogP contribution in [-0.2, 0) is 4.79 Å². The molecule has 1 aromatic carbocycles. The number of aryl methyl sites for hydroxylation is 1. The van der Waals surface area contributed by atoms with Gasteiger partial charge in [0.05, 0.1) is 0 Å². The molecule has 0 saturated heterocycles. The maximum absolute atomic E-state index is 12.1. The fourth-order valence-corrected chi connectivity index (χ4v) is 1.63. The molecule has 5 nitrogen and oxygen atoms in total. The van der Waals surface area contributed by atoms with Crippen LogP contribution >= 0.6 is 0 Å². The van der Waals surface area contributed by atoms with E-state index in [-0.39, 0.29) is 11.8 Å². The lowest BCUT2D eigenvalue weighted by Gasteiger charge is -2.15. The summed E-state index contributed by atoms with van der Waals surface area (Å²) in [5.74, 6) is -0.472. The van der Waals surface area contributed by atoms with E-state index in [9.17, 15) is 9.59 Å². The first-order valence-corrected chi connectivity index (χ1v) is 6.40. The van der Waals surface area contributed by atoms with Crippen LogP contribution in [0.4, 0.5) is 5.69 Å². The third-order valence-corrected chi connectivity index (χ3v) is 2.80. The highest BCUT2D eigenvalue weighted by Gasteiger charge is 2.17. The Kier molecular flexibility index (Phi) is 5.36. The van der Waals surface area contributed by atoms with Gasteiger partial charge in [0.15, 0.2) is 0 Å². The van der Waals surface area contributed by atoms with E-state index >= 15 is 0 Å². The fraction of sp³-hybridized carbons (Fsp3) is 0.429. The van der Waals surface area contributed by atoms with Gasteiger partial charge in [0.25, 0.3) is 5.91 Å². The summed E-state index contributed by atoms with van der Waals surface area (Å²) in [4.78, 5) is 23.7. The van der Waals surface area contributed by atoms with Crippen LogP contribution < -0.4 is 16.4 Å². The van der Waals surface area contributed by atoms with Crippen molar-refractivity contribution in [2.75, 3.05) is 12.3 Å². The van der Waals surface area contributed by atoms with Crippen LogP contribution in [0, 0.1) is 6.92 Å². The minimum atomic E-state index is -0.570. The van der Waals surface area contributed by atoms with Gasteiger partial charge in [-0.15, -0.1) is 0 Å². The highest BCUT2D eigenvalue weighted by Crippen LogP contribution is 2.12. The number of hydrogen-bond acceptors (Lipinski definition) is 3. The zero-order chi connectivity index (χ0) is 14.4. The summed E-state index contributed by atoms with van der Waals surface area (Å²) in [7, 11) is 0. The van der Waals surface area contributed by atoms with Crippen molar-refractivity contribution >= 4 is 17.5 Å². The largest absolute Gasteiger partial charge is 0.399 e. The van der Waals surface area contributed by atoms with Gasteiger partial charge < -0.3 is 16.4 Å². The Morgan fingerprint density at radius 1 is 1.37 bits per heavy atom. The second kappa shape index (κ2) is 6.78. The highest BCUT2D eigenvalue weighted by molar-refractivity contribution is 5.99. The number of nitrogen functional groups attached to an aromatic ring is 1. The Bertz CT molecular complexity index is 472. The van der Waals surface area contributed by atoms with Crippen molar-refractivity contribution in [3.8, 4) is 0 Å². The molecule has 0 fully saturated rings. The molecule has 0 bridgehead atoms. The second-order valence-electron chi connectivity index (χ2n) is 4.56. The van der Waals surface area contributed by atoms with E-state index in [0.29, 0.717) is 17.8 Å². The zero-order valence-electron chi connectivity index (χ0n) is 11.6. The molecular formula is C14H21N3O2. The van der Waals surface area contributed by atoms with E-state index in [1.165, 1.54) is 0 Å². The number of amides is 2. The lowest BCUT2D eigenvalue weighted by Crippen LogP contribution is -2.45. The summed E-state index contributed by atoms with van der Waals surface area (Å²) in [6, 6.07) is 4.57. The first kappa shape index (κ1) is 15.0. The Morgan fingerprint density at radius 2 is 2.05 bits per heavy atom. The predicted octanol–water partition coefficient (Wildman–Crippen LogP) is 1.22. The number of benzene rings is 1. The summed E-state index contributed by atoms with van der Waals surface area (Å²) in [6.07, 6.45) is 0.862. The zero-order valence-corrected chi connectivity index (χ0v) is 11.6. The van der Waals surface area contributed by atoms with Crippen molar-refractivity contribution in [2.45, 2.75) is 33.2 Å². The third-order valence-electron chi connectivity index (χ3n) is 2.80. The molecule has 1 atom stereocenters. The van der Waals surface area contributed by atoms with E-state index in [1.54, 1.807) is 25.1 Å². The van der Waals surface area contributed by atoms with Gasteiger partial charge in [-0.25, -0.2) is 0 Å². The number of rotatable bonds is 5. The minimum Gasteiger partial charge on any atom is -0.399 e. The molecule has 0 aliphatic carbocycles. The maximum atomic E-state index is 12.1. The van der Waals surface area contributed by atoms with Crippen LogP contribution in [0.15, 0.2) is 18.2 Å². The quantitative estimate of drug-likeness (QED) is 0.698. The molecule has 0 spiro atoms. The maximum Gasteiger partial charge on any atom is 0.252 e. The summed E-state index contributed by atoms with van der Waals surface area (Å²) >= 11 is 0. The van der Waals surface area contributed by atoms with E-state index in [4.69, 9.17) is 5.73 Å². The van der Waals surface area contributed by atoms with Gasteiger partial charge >= 0.3 is 0 Å². The van der Waals surface area contributed by atoms with Crippen molar-refractivity contribution in [3.63, 3.8) is 0 Å². The number of carbonyl (C=O) groups excluding carboxylic acids is 2. The molecule has 0 aromatic heterocycles. The van der Waals surface area contributed by atoms with Crippen LogP contribution in [0.5, 0.6) is 0 Å². The summed E-state index contributed by atoms with van der Waals surface area (Å²) in [6.45, 7) is 6.07. The average molecular weight is 263 g/mol. The second-order valence-corrected chi connectivity index (χ2v) is 4.56. The van der Waals surface area contributed by atoms with Crippen LogP contribution in [0.2, 0.25) is 0 Å². The number of carbonyl (C=O) groups is 2. The van der Waals surface area contributed by atoms with E-state index in [0.717, 1.165) is 12.0 Å². The lowest BCUT2D eigenvalue weighted by atomic mass is 10.1. The van der Waals surface area contributed by atoms with Gasteiger partial charge in [-0.3, -0.25) is 9.59 Å². The number of anilines is 1. The van der Waals surface area contributed by atoms with Gasteiger partial charge in [-0.05, 0) is 38.0 Å². The Hall–Kier alpha value is -2.04. The van der Waals surface area contributed by atoms with E-state index in [1.807, 2.05) is 13.8 Å². The topological polar surface area (TPSA) is 84.2 Å². The van der Waals surface area contributed by atoms with Crippen molar-refractivity contribution < 1.29 is 9.59 Å². The van der Waals surface area contributed by atoms with Crippen LogP contribution in [0.3, 0.4) is 0 Å². The molecule has 5 heteroatoms. The molecule has 1 rings (SSSR count). The van der Waals surface area contributed by atoms with Crippen LogP contribution in [-0.4, -0.2) is 24.4 Å². The molecule has 0 radical (unpaired) electrons. The van der Waals surface area contributed by atoms with Gasteiger partial charge in [0, 0.05) is 17.8 Å².